The molecule has 0 N–H and O–H groups in total. The summed E-state index contributed by atoms with van der Waals surface area (Å²) in [6.07, 6.45) is 0. The van der Waals surface area contributed by atoms with E-state index in [0.29, 0.717) is 6.45 Å². The van der Waals surface area contributed by atoms with Crippen molar-refractivity contribution in [1.29, 1.82) is 0 Å². The predicted molar refractivity (Wildman–Crippen MR) is 78.2 cm³/mol. The molecular formula is C11H8F3IO3S2. The Bertz CT molecular complexity index is 654. The molecule has 1 heterocycles. The zero-order chi connectivity index (χ0) is 14.8. The van der Waals surface area contributed by atoms with Gasteiger partial charge >= 0.3 is 126 Å². The molecule has 1 aromatic heterocycles. The Balaban J connectivity index is 2.40. The molecule has 110 valence electrons. The predicted octanol–water partition coefficient (Wildman–Crippen LogP) is 4.08. The van der Waals surface area contributed by atoms with E-state index in [1.54, 1.807) is 47.8 Å². The van der Waals surface area contributed by atoms with Gasteiger partial charge < -0.3 is 0 Å². The summed E-state index contributed by atoms with van der Waals surface area (Å²) in [6.45, 7) is 0. The van der Waals surface area contributed by atoms with Gasteiger partial charge in [-0.15, -0.1) is 0 Å². The molecule has 0 saturated carbocycles. The average Bonchev–Trinajstić information content (AvgIpc) is 2.89. The van der Waals surface area contributed by atoms with Crippen LogP contribution in [0.3, 0.4) is 0 Å². The molecule has 0 saturated heterocycles. The third-order valence-corrected chi connectivity index (χ3v) is 10.9. The van der Waals surface area contributed by atoms with Crippen LogP contribution in [-0.4, -0.2) is 13.9 Å². The zero-order valence-corrected chi connectivity index (χ0v) is 13.5. The van der Waals surface area contributed by atoms with Crippen molar-refractivity contribution < 1.29 is 24.1 Å². The second-order valence-electron chi connectivity index (χ2n) is 3.42. The Labute approximate surface area is 125 Å². The molecule has 2 aromatic rings. The standard InChI is InChI=1S/C11H8F3IO3S2/c12-11(13,14)20(16,17)18-15(10-7-4-8-19-10)9-5-2-1-3-6-9/h1-8H. The first-order chi connectivity index (χ1) is 9.31. The van der Waals surface area contributed by atoms with E-state index in [1.165, 1.54) is 11.3 Å². The van der Waals surface area contributed by atoms with E-state index >= 15 is 0 Å². The molecule has 3 nitrogen and oxygen atoms in total. The Hall–Kier alpha value is -0.650. The molecule has 20 heavy (non-hydrogen) atoms. The van der Waals surface area contributed by atoms with Crippen LogP contribution in [0.4, 0.5) is 13.2 Å². The van der Waals surface area contributed by atoms with Crippen LogP contribution in [0.15, 0.2) is 47.8 Å². The van der Waals surface area contributed by atoms with Crippen molar-refractivity contribution in [2.24, 2.45) is 0 Å². The van der Waals surface area contributed by atoms with Crippen LogP contribution in [0.5, 0.6) is 0 Å². The minimum absolute atomic E-state index is 0.493. The number of hydrogen-bond donors (Lipinski definition) is 0. The van der Waals surface area contributed by atoms with Crippen LogP contribution in [0.2, 0.25) is 0 Å². The Morgan fingerprint density at radius 3 is 2.20 bits per heavy atom. The van der Waals surface area contributed by atoms with Gasteiger partial charge in [-0.05, 0) is 0 Å². The van der Waals surface area contributed by atoms with E-state index in [4.69, 9.17) is 0 Å². The monoisotopic (exact) mass is 436 g/mol. The second kappa shape index (κ2) is 6.00. The summed E-state index contributed by atoms with van der Waals surface area (Å²) in [5.41, 5.74) is -5.41. The van der Waals surface area contributed by atoms with Gasteiger partial charge in [0.1, 0.15) is 0 Å². The van der Waals surface area contributed by atoms with Crippen LogP contribution < -0.4 is 0 Å². The van der Waals surface area contributed by atoms with Crippen molar-refractivity contribution in [1.82, 2.24) is 0 Å². The molecule has 0 aliphatic heterocycles. The van der Waals surface area contributed by atoms with Crippen molar-refractivity contribution >= 4 is 41.7 Å². The number of hydrogen-bond acceptors (Lipinski definition) is 4. The van der Waals surface area contributed by atoms with Crippen LogP contribution in [0.1, 0.15) is 0 Å². The van der Waals surface area contributed by atoms with E-state index in [9.17, 15) is 21.6 Å². The van der Waals surface area contributed by atoms with Gasteiger partial charge in [-0.1, -0.05) is 0 Å². The van der Waals surface area contributed by atoms with E-state index in [1.807, 2.05) is 0 Å². The van der Waals surface area contributed by atoms with Crippen molar-refractivity contribution in [3.05, 3.63) is 54.3 Å². The van der Waals surface area contributed by atoms with E-state index < -0.39 is 35.9 Å². The molecule has 0 unspecified atom stereocenters. The average molecular weight is 436 g/mol. The van der Waals surface area contributed by atoms with Gasteiger partial charge in [0, 0.05) is 0 Å². The van der Waals surface area contributed by atoms with Crippen molar-refractivity contribution in [2.75, 3.05) is 0 Å². The van der Waals surface area contributed by atoms with E-state index in [-0.39, 0.29) is 0 Å². The van der Waals surface area contributed by atoms with Gasteiger partial charge in [0.05, 0.1) is 0 Å². The number of benzene rings is 1. The summed E-state index contributed by atoms with van der Waals surface area (Å²) in [5, 5.41) is 1.67. The van der Waals surface area contributed by atoms with Crippen molar-refractivity contribution in [3.8, 4) is 0 Å². The Morgan fingerprint density at radius 2 is 1.70 bits per heavy atom. The quantitative estimate of drug-likeness (QED) is 0.536. The van der Waals surface area contributed by atoms with Crippen molar-refractivity contribution in [2.45, 2.75) is 5.51 Å². The number of halogens is 4. The van der Waals surface area contributed by atoms with Gasteiger partial charge in [-0.25, -0.2) is 0 Å². The molecule has 0 fully saturated rings. The number of thiophene rings is 1. The van der Waals surface area contributed by atoms with E-state index in [0.717, 1.165) is 0 Å². The molecule has 1 aromatic carbocycles. The topological polar surface area (TPSA) is 43.4 Å². The molecule has 0 bridgehead atoms. The molecule has 0 amide bonds. The third kappa shape index (κ3) is 3.51. The zero-order valence-electron chi connectivity index (χ0n) is 9.67. The fourth-order valence-electron chi connectivity index (χ4n) is 1.18. The van der Waals surface area contributed by atoms with E-state index in [2.05, 4.69) is 2.51 Å². The van der Waals surface area contributed by atoms with Crippen molar-refractivity contribution in [3.63, 3.8) is 0 Å². The minimum atomic E-state index is -5.59. The summed E-state index contributed by atoms with van der Waals surface area (Å²) >= 11 is -1.93. The van der Waals surface area contributed by atoms with Gasteiger partial charge in [-0.3, -0.25) is 0 Å². The molecule has 0 aliphatic rings. The summed E-state index contributed by atoms with van der Waals surface area (Å²) in [5.74, 6) is 0. The summed E-state index contributed by atoms with van der Waals surface area (Å²) in [4.78, 5) is 0. The SMILES string of the molecule is O=S(=O)(OI(c1ccccc1)c1cccs1)C(F)(F)F. The maximum absolute atomic E-state index is 12.5. The summed E-state index contributed by atoms with van der Waals surface area (Å²) in [7, 11) is -5.59. The summed E-state index contributed by atoms with van der Waals surface area (Å²) in [6, 6.07) is 11.4. The maximum atomic E-state index is 12.5. The number of rotatable bonds is 4. The first-order valence-corrected chi connectivity index (χ1v) is 10.4. The fourth-order valence-corrected chi connectivity index (χ4v) is 9.73. The fraction of sp³-hybridized carbons (Fsp3) is 0.0909. The molecule has 0 radical (unpaired) electrons. The molecular weight excluding hydrogens is 428 g/mol. The van der Waals surface area contributed by atoms with Crippen LogP contribution in [-0.2, 0) is 12.6 Å². The first-order valence-electron chi connectivity index (χ1n) is 5.11. The van der Waals surface area contributed by atoms with Gasteiger partial charge in [0.15, 0.2) is 0 Å². The van der Waals surface area contributed by atoms with Gasteiger partial charge in [0.2, 0.25) is 0 Å². The van der Waals surface area contributed by atoms with Crippen LogP contribution in [0.25, 0.3) is 0 Å². The Kier molecular flexibility index (Phi) is 4.72. The van der Waals surface area contributed by atoms with Gasteiger partial charge in [-0.2, -0.15) is 0 Å². The third-order valence-electron chi connectivity index (χ3n) is 2.02. The van der Waals surface area contributed by atoms with Crippen LogP contribution in [0, 0.1) is 6.45 Å². The first kappa shape index (κ1) is 15.7. The Morgan fingerprint density at radius 1 is 1.05 bits per heavy atom. The number of alkyl halides is 3. The normalized spacial score (nSPS) is 13.2. The second-order valence-corrected chi connectivity index (χ2v) is 11.5. The van der Waals surface area contributed by atoms with Crippen LogP contribution >= 0.6 is 31.6 Å². The molecule has 0 atom stereocenters. The summed E-state index contributed by atoms with van der Waals surface area (Å²) < 4.78 is 65.4. The van der Waals surface area contributed by atoms with Gasteiger partial charge in [0.25, 0.3) is 0 Å². The molecule has 2 rings (SSSR count). The molecule has 9 heteroatoms. The molecule has 0 aliphatic carbocycles. The molecule has 0 spiro atoms.